The van der Waals surface area contributed by atoms with Crippen molar-refractivity contribution in [3.05, 3.63) is 65.0 Å². The lowest BCUT2D eigenvalue weighted by Crippen LogP contribution is -2.17. The number of carbonyl (C=O) groups excluding carboxylic acids is 1. The summed E-state index contributed by atoms with van der Waals surface area (Å²) in [5.74, 6) is 0.506. The number of fused-ring (bicyclic) bond motifs is 1. The number of benzene rings is 1. The third-order valence-electron chi connectivity index (χ3n) is 4.04. The second kappa shape index (κ2) is 7.03. The van der Waals surface area contributed by atoms with Gasteiger partial charge in [0.2, 0.25) is 0 Å². The monoisotopic (exact) mass is 342 g/mol. The Morgan fingerprint density at radius 3 is 2.88 bits per heavy atom. The molecule has 0 aliphatic carbocycles. The van der Waals surface area contributed by atoms with Gasteiger partial charge in [-0.3, -0.25) is 9.88 Å². The number of esters is 1. The molecule has 0 unspecified atom stereocenters. The first-order valence-corrected chi connectivity index (χ1v) is 7.88. The Labute approximate surface area is 145 Å². The molecule has 0 spiro atoms. The number of aryl methyl sites for hydroxylation is 1. The molecule has 5 nitrogen and oxygen atoms in total. The lowest BCUT2D eigenvalue weighted by atomic mass is 10.1. The molecule has 25 heavy (non-hydrogen) atoms. The number of hydrogen-bond acceptors (Lipinski definition) is 5. The maximum atomic E-state index is 13.9. The van der Waals surface area contributed by atoms with Gasteiger partial charge >= 0.3 is 5.97 Å². The summed E-state index contributed by atoms with van der Waals surface area (Å²) in [4.78, 5) is 18.0. The van der Waals surface area contributed by atoms with E-state index in [0.29, 0.717) is 41.1 Å². The van der Waals surface area contributed by atoms with E-state index in [1.54, 1.807) is 37.4 Å². The predicted molar refractivity (Wildman–Crippen MR) is 91.7 cm³/mol. The van der Waals surface area contributed by atoms with Gasteiger partial charge in [-0.2, -0.15) is 0 Å². The summed E-state index contributed by atoms with van der Waals surface area (Å²) in [6.07, 6.45) is 1.66. The summed E-state index contributed by atoms with van der Waals surface area (Å²) in [5, 5.41) is 0.509. The van der Waals surface area contributed by atoms with Crippen molar-refractivity contribution in [3.8, 4) is 0 Å². The van der Waals surface area contributed by atoms with E-state index < -0.39 is 5.97 Å². The zero-order valence-corrected chi connectivity index (χ0v) is 14.4. The quantitative estimate of drug-likeness (QED) is 0.662. The van der Waals surface area contributed by atoms with Crippen LogP contribution in [-0.2, 0) is 17.8 Å². The Balaban J connectivity index is 1.79. The molecule has 0 fully saturated rings. The molecule has 0 atom stereocenters. The van der Waals surface area contributed by atoms with Gasteiger partial charge in [0.1, 0.15) is 22.9 Å². The van der Waals surface area contributed by atoms with Gasteiger partial charge in [-0.25, -0.2) is 9.18 Å². The summed E-state index contributed by atoms with van der Waals surface area (Å²) in [6, 6.07) is 8.34. The summed E-state index contributed by atoms with van der Waals surface area (Å²) >= 11 is 0. The standard InChI is InChI=1S/C19H19FN2O3/c1-12-16(19(23)24-3)9-14(25-12)11-22(2)10-13-6-7-17(20)15-5-4-8-21-18(13)15/h4-9H,10-11H2,1-3H3. The van der Waals surface area contributed by atoms with Gasteiger partial charge in [0, 0.05) is 18.1 Å². The van der Waals surface area contributed by atoms with E-state index in [1.807, 2.05) is 11.9 Å². The molecule has 0 radical (unpaired) electrons. The van der Waals surface area contributed by atoms with Crippen molar-refractivity contribution in [1.82, 2.24) is 9.88 Å². The number of nitrogens with zero attached hydrogens (tertiary/aromatic N) is 2. The van der Waals surface area contributed by atoms with Crippen molar-refractivity contribution >= 4 is 16.9 Å². The predicted octanol–water partition coefficient (Wildman–Crippen LogP) is 3.69. The summed E-state index contributed by atoms with van der Waals surface area (Å²) in [5.41, 5.74) is 2.01. The van der Waals surface area contributed by atoms with Gasteiger partial charge < -0.3 is 9.15 Å². The number of halogens is 1. The van der Waals surface area contributed by atoms with Crippen molar-refractivity contribution < 1.29 is 18.3 Å². The fraction of sp³-hybridized carbons (Fsp3) is 0.263. The van der Waals surface area contributed by atoms with Gasteiger partial charge in [0.05, 0.1) is 19.2 Å². The number of rotatable bonds is 5. The SMILES string of the molecule is COC(=O)c1cc(CN(C)Cc2ccc(F)c3cccnc23)oc1C. The normalized spacial score (nSPS) is 11.2. The van der Waals surface area contributed by atoms with Crippen LogP contribution in [0.3, 0.4) is 0 Å². The van der Waals surface area contributed by atoms with Crippen molar-refractivity contribution in [2.75, 3.05) is 14.2 Å². The average Bonchev–Trinajstić information content (AvgIpc) is 2.97. The van der Waals surface area contributed by atoms with Gasteiger partial charge in [-0.05, 0) is 43.8 Å². The minimum Gasteiger partial charge on any atom is -0.465 e. The average molecular weight is 342 g/mol. The van der Waals surface area contributed by atoms with Crippen LogP contribution in [0.25, 0.3) is 10.9 Å². The minimum atomic E-state index is -0.413. The molecule has 2 heterocycles. The number of methoxy groups -OCH3 is 1. The van der Waals surface area contributed by atoms with E-state index in [1.165, 1.54) is 13.2 Å². The van der Waals surface area contributed by atoms with Crippen LogP contribution in [0.15, 0.2) is 40.9 Å². The van der Waals surface area contributed by atoms with Gasteiger partial charge in [-0.1, -0.05) is 6.07 Å². The largest absolute Gasteiger partial charge is 0.465 e. The third-order valence-corrected chi connectivity index (χ3v) is 4.04. The topological polar surface area (TPSA) is 55.6 Å². The van der Waals surface area contributed by atoms with Gasteiger partial charge in [0.25, 0.3) is 0 Å². The van der Waals surface area contributed by atoms with Crippen molar-refractivity contribution in [1.29, 1.82) is 0 Å². The third kappa shape index (κ3) is 3.53. The second-order valence-corrected chi connectivity index (χ2v) is 5.95. The fourth-order valence-corrected chi connectivity index (χ4v) is 2.87. The molecule has 6 heteroatoms. The lowest BCUT2D eigenvalue weighted by Gasteiger charge is -2.16. The minimum absolute atomic E-state index is 0.279. The summed E-state index contributed by atoms with van der Waals surface area (Å²) in [6.45, 7) is 2.80. The van der Waals surface area contributed by atoms with Crippen LogP contribution >= 0.6 is 0 Å². The number of ether oxygens (including phenoxy) is 1. The number of carbonyl (C=O) groups is 1. The first-order valence-electron chi connectivity index (χ1n) is 7.88. The van der Waals surface area contributed by atoms with E-state index in [2.05, 4.69) is 4.98 Å². The van der Waals surface area contributed by atoms with Crippen LogP contribution < -0.4 is 0 Å². The number of aromatic nitrogens is 1. The van der Waals surface area contributed by atoms with Crippen LogP contribution in [-0.4, -0.2) is 30.0 Å². The van der Waals surface area contributed by atoms with E-state index in [4.69, 9.17) is 9.15 Å². The molecule has 2 aromatic heterocycles. The second-order valence-electron chi connectivity index (χ2n) is 5.95. The van der Waals surface area contributed by atoms with Crippen molar-refractivity contribution in [2.24, 2.45) is 0 Å². The molecule has 0 saturated heterocycles. The zero-order valence-electron chi connectivity index (χ0n) is 14.4. The Morgan fingerprint density at radius 1 is 1.32 bits per heavy atom. The molecule has 0 aliphatic rings. The van der Waals surface area contributed by atoms with Crippen molar-refractivity contribution in [3.63, 3.8) is 0 Å². The summed E-state index contributed by atoms with van der Waals surface area (Å²) < 4.78 is 24.3. The molecule has 3 rings (SSSR count). The van der Waals surface area contributed by atoms with E-state index in [9.17, 15) is 9.18 Å². The Morgan fingerprint density at radius 2 is 2.12 bits per heavy atom. The van der Waals surface area contributed by atoms with Crippen LogP contribution in [0.5, 0.6) is 0 Å². The van der Waals surface area contributed by atoms with Crippen LogP contribution in [0.2, 0.25) is 0 Å². The van der Waals surface area contributed by atoms with E-state index in [0.717, 1.165) is 5.56 Å². The van der Waals surface area contributed by atoms with Crippen LogP contribution in [0.4, 0.5) is 4.39 Å². The smallest absolute Gasteiger partial charge is 0.341 e. The number of furan rings is 1. The Hall–Kier alpha value is -2.73. The highest BCUT2D eigenvalue weighted by molar-refractivity contribution is 5.90. The highest BCUT2D eigenvalue weighted by Crippen LogP contribution is 2.22. The Kier molecular flexibility index (Phi) is 4.81. The molecule has 3 aromatic rings. The molecule has 0 aliphatic heterocycles. The molecule has 0 bridgehead atoms. The molecule has 0 N–H and O–H groups in total. The molecule has 1 aromatic carbocycles. The number of hydrogen-bond donors (Lipinski definition) is 0. The molecule has 0 saturated carbocycles. The maximum absolute atomic E-state index is 13.9. The summed E-state index contributed by atoms with van der Waals surface area (Å²) in [7, 11) is 3.26. The van der Waals surface area contributed by atoms with Crippen LogP contribution in [0.1, 0.15) is 27.4 Å². The maximum Gasteiger partial charge on any atom is 0.341 e. The highest BCUT2D eigenvalue weighted by atomic mass is 19.1. The van der Waals surface area contributed by atoms with Gasteiger partial charge in [-0.15, -0.1) is 0 Å². The van der Waals surface area contributed by atoms with Crippen LogP contribution in [0, 0.1) is 12.7 Å². The van der Waals surface area contributed by atoms with Gasteiger partial charge in [0.15, 0.2) is 0 Å². The highest BCUT2D eigenvalue weighted by Gasteiger charge is 2.17. The first-order chi connectivity index (χ1) is 12.0. The van der Waals surface area contributed by atoms with Crippen molar-refractivity contribution in [2.45, 2.75) is 20.0 Å². The lowest BCUT2D eigenvalue weighted by molar-refractivity contribution is 0.0599. The van der Waals surface area contributed by atoms with E-state index >= 15 is 0 Å². The zero-order chi connectivity index (χ0) is 18.0. The molecule has 130 valence electrons. The fourth-order valence-electron chi connectivity index (χ4n) is 2.87. The first kappa shape index (κ1) is 17.1. The molecule has 0 amide bonds. The molecular formula is C19H19FN2O3. The Bertz CT molecular complexity index is 920. The van der Waals surface area contributed by atoms with E-state index in [-0.39, 0.29) is 5.82 Å². The molecular weight excluding hydrogens is 323 g/mol. The number of pyridine rings is 1.